The van der Waals surface area contributed by atoms with Gasteiger partial charge in [0.2, 0.25) is 0 Å². The Kier molecular flexibility index (Phi) is 5.43. The molecule has 3 rings (SSSR count). The lowest BCUT2D eigenvalue weighted by Crippen LogP contribution is -2.25. The van der Waals surface area contributed by atoms with E-state index in [4.69, 9.17) is 0 Å². The Balaban J connectivity index is 1.89. The number of nitrogens with zero attached hydrogens (tertiary/aromatic N) is 1. The molecule has 0 atom stereocenters. The zero-order chi connectivity index (χ0) is 17.8. The molecule has 25 heavy (non-hydrogen) atoms. The van der Waals surface area contributed by atoms with Gasteiger partial charge in [-0.2, -0.15) is 0 Å². The first-order valence-electron chi connectivity index (χ1n) is 9.34. The highest BCUT2D eigenvalue weighted by Gasteiger charge is 2.19. The van der Waals surface area contributed by atoms with Crippen molar-refractivity contribution in [3.8, 4) is 0 Å². The molecular formula is C24H29N. The van der Waals surface area contributed by atoms with Gasteiger partial charge in [0.15, 0.2) is 0 Å². The molecule has 0 fully saturated rings. The van der Waals surface area contributed by atoms with Gasteiger partial charge in [0, 0.05) is 17.9 Å². The van der Waals surface area contributed by atoms with Gasteiger partial charge < -0.3 is 4.90 Å². The van der Waals surface area contributed by atoms with Crippen molar-refractivity contribution < 1.29 is 0 Å². The zero-order valence-electron chi connectivity index (χ0n) is 15.6. The van der Waals surface area contributed by atoms with E-state index in [1.54, 1.807) is 0 Å². The van der Waals surface area contributed by atoms with Crippen LogP contribution in [0.4, 0.5) is 5.69 Å². The fourth-order valence-electron chi connectivity index (χ4n) is 3.48. The molecule has 0 saturated carbocycles. The maximum atomic E-state index is 4.44. The summed E-state index contributed by atoms with van der Waals surface area (Å²) < 4.78 is 0. The van der Waals surface area contributed by atoms with Gasteiger partial charge in [-0.15, -0.1) is 0 Å². The smallest absolute Gasteiger partial charge is 0.0481 e. The topological polar surface area (TPSA) is 3.24 Å². The molecule has 1 nitrogen and oxygen atoms in total. The molecule has 0 radical (unpaired) electrons. The second-order valence-corrected chi connectivity index (χ2v) is 7.36. The van der Waals surface area contributed by atoms with Crippen LogP contribution >= 0.6 is 0 Å². The van der Waals surface area contributed by atoms with Crippen LogP contribution in [0.1, 0.15) is 43.4 Å². The van der Waals surface area contributed by atoms with Gasteiger partial charge in [-0.25, -0.2) is 0 Å². The molecule has 1 heterocycles. The number of hydrogen-bond acceptors (Lipinski definition) is 1. The molecule has 1 aliphatic rings. The van der Waals surface area contributed by atoms with E-state index >= 15 is 0 Å². The number of fused-ring (bicyclic) bond motifs is 2. The largest absolute Gasteiger partial charge is 0.341 e. The summed E-state index contributed by atoms with van der Waals surface area (Å²) in [7, 11) is 0. The van der Waals surface area contributed by atoms with Crippen LogP contribution in [0.5, 0.6) is 0 Å². The van der Waals surface area contributed by atoms with Crippen molar-refractivity contribution in [1.29, 1.82) is 0 Å². The fraction of sp³-hybridized carbons (Fsp3) is 0.333. The van der Waals surface area contributed by atoms with Crippen molar-refractivity contribution in [2.45, 2.75) is 46.1 Å². The van der Waals surface area contributed by atoms with Gasteiger partial charge in [0.1, 0.15) is 0 Å². The molecule has 2 aromatic rings. The van der Waals surface area contributed by atoms with Crippen LogP contribution in [-0.4, -0.2) is 0 Å². The summed E-state index contributed by atoms with van der Waals surface area (Å²) in [4.78, 5) is 2.42. The van der Waals surface area contributed by atoms with Crippen LogP contribution in [-0.2, 0) is 19.4 Å². The Labute approximate surface area is 152 Å². The molecule has 0 spiro atoms. The van der Waals surface area contributed by atoms with E-state index in [1.165, 1.54) is 33.6 Å². The maximum Gasteiger partial charge on any atom is 0.0481 e. The summed E-state index contributed by atoms with van der Waals surface area (Å²) >= 11 is 0. The van der Waals surface area contributed by atoms with E-state index in [2.05, 4.69) is 80.4 Å². The van der Waals surface area contributed by atoms with Crippen LogP contribution < -0.4 is 4.90 Å². The third kappa shape index (κ3) is 4.04. The second kappa shape index (κ2) is 7.74. The van der Waals surface area contributed by atoms with Crippen LogP contribution in [0.3, 0.4) is 0 Å². The Bertz CT molecular complexity index is 769. The predicted octanol–water partition coefficient (Wildman–Crippen LogP) is 6.30. The van der Waals surface area contributed by atoms with Gasteiger partial charge in [-0.3, -0.25) is 0 Å². The number of aryl methyl sites for hydroxylation is 2. The lowest BCUT2D eigenvalue weighted by atomic mass is 9.94. The number of allylic oxidation sites excluding steroid dienone is 2. The van der Waals surface area contributed by atoms with Crippen molar-refractivity contribution in [1.82, 2.24) is 0 Å². The highest BCUT2D eigenvalue weighted by atomic mass is 15.1. The Morgan fingerprint density at radius 2 is 1.48 bits per heavy atom. The van der Waals surface area contributed by atoms with Gasteiger partial charge in [-0.1, -0.05) is 75.0 Å². The molecule has 0 unspecified atom stereocenters. The zero-order valence-corrected chi connectivity index (χ0v) is 15.6. The van der Waals surface area contributed by atoms with Gasteiger partial charge in [0.25, 0.3) is 0 Å². The molecule has 2 aromatic carbocycles. The monoisotopic (exact) mass is 331 g/mol. The quantitative estimate of drug-likeness (QED) is 0.581. The summed E-state index contributed by atoms with van der Waals surface area (Å²) in [5.41, 5.74) is 8.10. The summed E-state index contributed by atoms with van der Waals surface area (Å²) in [5.74, 6) is 0.535. The summed E-state index contributed by atoms with van der Waals surface area (Å²) in [6.07, 6.45) is 4.16. The van der Waals surface area contributed by atoms with E-state index in [-0.39, 0.29) is 0 Å². The Morgan fingerprint density at radius 1 is 0.880 bits per heavy atom. The molecule has 0 bridgehead atoms. The molecule has 130 valence electrons. The first-order chi connectivity index (χ1) is 12.1. The van der Waals surface area contributed by atoms with E-state index in [1.807, 2.05) is 0 Å². The second-order valence-electron chi connectivity index (χ2n) is 7.36. The third-order valence-electron chi connectivity index (χ3n) is 5.33. The van der Waals surface area contributed by atoms with Crippen molar-refractivity contribution in [3.05, 3.63) is 89.6 Å². The van der Waals surface area contributed by atoms with Crippen LogP contribution in [0.2, 0.25) is 0 Å². The fourth-order valence-corrected chi connectivity index (χ4v) is 3.48. The minimum absolute atomic E-state index is 0.535. The lowest BCUT2D eigenvalue weighted by Gasteiger charge is -2.32. The maximum absolute atomic E-state index is 4.44. The number of rotatable bonds is 5. The standard InChI is InChI=1S/C24H29N/c1-18(2)19(3)13-14-20(4)25-17-23-11-6-5-9-21(23)15-16-22-10-7-8-12-24(22)25/h5-12,18H,3-4,13-17H2,1-2H3. The number of hydrogen-bond donors (Lipinski definition) is 0. The molecule has 0 aromatic heterocycles. The Hall–Kier alpha value is -2.28. The molecule has 1 heteroatoms. The van der Waals surface area contributed by atoms with Crippen molar-refractivity contribution in [2.75, 3.05) is 4.90 Å². The van der Waals surface area contributed by atoms with Crippen LogP contribution in [0.15, 0.2) is 73.0 Å². The molecular weight excluding hydrogens is 302 g/mol. The molecule has 0 N–H and O–H groups in total. The molecule has 1 aliphatic heterocycles. The average molecular weight is 332 g/mol. The predicted molar refractivity (Wildman–Crippen MR) is 109 cm³/mol. The average Bonchev–Trinajstić information content (AvgIpc) is 2.61. The van der Waals surface area contributed by atoms with E-state index < -0.39 is 0 Å². The normalized spacial score (nSPS) is 13.6. The van der Waals surface area contributed by atoms with Crippen molar-refractivity contribution in [3.63, 3.8) is 0 Å². The van der Waals surface area contributed by atoms with Crippen LogP contribution in [0.25, 0.3) is 0 Å². The Morgan fingerprint density at radius 3 is 2.20 bits per heavy atom. The van der Waals surface area contributed by atoms with Gasteiger partial charge >= 0.3 is 0 Å². The minimum Gasteiger partial charge on any atom is -0.341 e. The first kappa shape index (κ1) is 17.5. The van der Waals surface area contributed by atoms with Gasteiger partial charge in [0.05, 0.1) is 0 Å². The van der Waals surface area contributed by atoms with E-state index in [0.29, 0.717) is 5.92 Å². The molecule has 0 saturated heterocycles. The molecule has 0 amide bonds. The van der Waals surface area contributed by atoms with Gasteiger partial charge in [-0.05, 0) is 54.4 Å². The summed E-state index contributed by atoms with van der Waals surface area (Å²) in [6, 6.07) is 17.6. The summed E-state index contributed by atoms with van der Waals surface area (Å²) in [6.45, 7) is 14.0. The summed E-state index contributed by atoms with van der Waals surface area (Å²) in [5, 5.41) is 0. The lowest BCUT2D eigenvalue weighted by molar-refractivity contribution is 0.698. The van der Waals surface area contributed by atoms with E-state index in [9.17, 15) is 0 Å². The highest BCUT2D eigenvalue weighted by molar-refractivity contribution is 5.59. The first-order valence-corrected chi connectivity index (χ1v) is 9.34. The minimum atomic E-state index is 0.535. The number of para-hydroxylation sites is 1. The van der Waals surface area contributed by atoms with Crippen molar-refractivity contribution in [2.24, 2.45) is 5.92 Å². The molecule has 0 aliphatic carbocycles. The number of anilines is 1. The van der Waals surface area contributed by atoms with Crippen molar-refractivity contribution >= 4 is 5.69 Å². The third-order valence-corrected chi connectivity index (χ3v) is 5.33. The number of benzene rings is 2. The SMILES string of the molecule is C=C(CCC(=C)N1Cc2ccccc2CCc2ccccc21)C(C)C. The highest BCUT2D eigenvalue weighted by Crippen LogP contribution is 2.32. The van der Waals surface area contributed by atoms with E-state index in [0.717, 1.165) is 32.2 Å². The van der Waals surface area contributed by atoms with Crippen LogP contribution in [0, 0.1) is 5.92 Å².